The van der Waals surface area contributed by atoms with Gasteiger partial charge in [-0.1, -0.05) is 24.3 Å². The van der Waals surface area contributed by atoms with Crippen molar-refractivity contribution < 1.29 is 14.2 Å². The van der Waals surface area contributed by atoms with Crippen molar-refractivity contribution in [3.8, 4) is 11.5 Å². The second-order valence-corrected chi connectivity index (χ2v) is 6.55. The predicted octanol–water partition coefficient (Wildman–Crippen LogP) is 2.46. The van der Waals surface area contributed by atoms with Crippen LogP contribution >= 0.6 is 0 Å². The van der Waals surface area contributed by atoms with Crippen molar-refractivity contribution in [3.63, 3.8) is 0 Å². The van der Waals surface area contributed by atoms with Crippen LogP contribution in [0.5, 0.6) is 11.5 Å². The van der Waals surface area contributed by atoms with Crippen molar-refractivity contribution in [2.24, 2.45) is 10.7 Å². The van der Waals surface area contributed by atoms with Gasteiger partial charge in [0, 0.05) is 31.4 Å². The summed E-state index contributed by atoms with van der Waals surface area (Å²) in [7, 11) is 3.21. The highest BCUT2D eigenvalue weighted by Crippen LogP contribution is 2.29. The van der Waals surface area contributed by atoms with E-state index in [-0.39, 0.29) is 0 Å². The number of nitrogens with two attached hydrogens (primary N) is 1. The van der Waals surface area contributed by atoms with E-state index in [0.29, 0.717) is 24.0 Å². The van der Waals surface area contributed by atoms with Crippen LogP contribution in [0.3, 0.4) is 0 Å². The van der Waals surface area contributed by atoms with Gasteiger partial charge in [-0.15, -0.1) is 0 Å². The Kier molecular flexibility index (Phi) is 7.11. The summed E-state index contributed by atoms with van der Waals surface area (Å²) < 4.78 is 16.0. The zero-order valence-corrected chi connectivity index (χ0v) is 16.5. The second-order valence-electron chi connectivity index (χ2n) is 6.55. The van der Waals surface area contributed by atoms with Gasteiger partial charge in [0.05, 0.1) is 34.0 Å². The number of nitrogens with zero attached hydrogens (tertiary/aromatic N) is 2. The van der Waals surface area contributed by atoms with Gasteiger partial charge in [-0.3, -0.25) is 4.90 Å². The highest BCUT2D eigenvalue weighted by Gasteiger charge is 2.12. The number of aliphatic imine (C=N–C) groups is 1. The molecular weight excluding hydrogens is 356 g/mol. The van der Waals surface area contributed by atoms with Gasteiger partial charge in [0.15, 0.2) is 17.5 Å². The fraction of sp³-hybridized carbons (Fsp3) is 0.381. The van der Waals surface area contributed by atoms with Crippen LogP contribution in [0, 0.1) is 0 Å². The quantitative estimate of drug-likeness (QED) is 0.564. The summed E-state index contributed by atoms with van der Waals surface area (Å²) in [4.78, 5) is 6.91. The van der Waals surface area contributed by atoms with Crippen LogP contribution in [-0.2, 0) is 17.8 Å². The van der Waals surface area contributed by atoms with Crippen LogP contribution in [0.4, 0.5) is 5.69 Å². The van der Waals surface area contributed by atoms with E-state index >= 15 is 0 Å². The lowest BCUT2D eigenvalue weighted by molar-refractivity contribution is 0.0341. The van der Waals surface area contributed by atoms with Gasteiger partial charge in [-0.2, -0.15) is 0 Å². The fourth-order valence-corrected chi connectivity index (χ4v) is 3.14. The second kappa shape index (κ2) is 9.96. The van der Waals surface area contributed by atoms with Gasteiger partial charge < -0.3 is 25.3 Å². The summed E-state index contributed by atoms with van der Waals surface area (Å²) >= 11 is 0. The minimum Gasteiger partial charge on any atom is -0.493 e. The number of rotatable bonds is 7. The van der Waals surface area contributed by atoms with Crippen LogP contribution in [0.15, 0.2) is 47.5 Å². The van der Waals surface area contributed by atoms with Crippen LogP contribution in [0.1, 0.15) is 11.1 Å². The Balaban J connectivity index is 1.64. The Morgan fingerprint density at radius 3 is 2.50 bits per heavy atom. The molecule has 150 valence electrons. The van der Waals surface area contributed by atoms with Gasteiger partial charge in [0.1, 0.15) is 0 Å². The van der Waals surface area contributed by atoms with Crippen molar-refractivity contribution in [2.45, 2.75) is 13.1 Å². The zero-order chi connectivity index (χ0) is 19.8. The molecule has 7 nitrogen and oxygen atoms in total. The van der Waals surface area contributed by atoms with Crippen LogP contribution in [0.2, 0.25) is 0 Å². The molecule has 0 saturated carbocycles. The largest absolute Gasteiger partial charge is 0.493 e. The maximum absolute atomic E-state index is 6.09. The number of anilines is 1. The molecule has 1 heterocycles. The van der Waals surface area contributed by atoms with Gasteiger partial charge in [0.2, 0.25) is 0 Å². The van der Waals surface area contributed by atoms with E-state index in [9.17, 15) is 0 Å². The SMILES string of the molecule is COc1ccc(NC(N)=NCc2ccccc2CN2CCOCC2)cc1OC. The zero-order valence-electron chi connectivity index (χ0n) is 16.5. The first kappa shape index (κ1) is 20.0. The summed E-state index contributed by atoms with van der Waals surface area (Å²) in [6.07, 6.45) is 0. The van der Waals surface area contributed by atoms with Crippen molar-refractivity contribution in [1.82, 2.24) is 4.90 Å². The minimum atomic E-state index is 0.355. The molecule has 3 rings (SSSR count). The molecule has 1 aliphatic heterocycles. The molecule has 1 fully saturated rings. The molecule has 0 radical (unpaired) electrons. The molecule has 28 heavy (non-hydrogen) atoms. The molecule has 2 aromatic rings. The van der Waals surface area contributed by atoms with Gasteiger partial charge in [-0.05, 0) is 23.3 Å². The average Bonchev–Trinajstić information content (AvgIpc) is 2.73. The summed E-state index contributed by atoms with van der Waals surface area (Å²) in [5.41, 5.74) is 9.32. The molecule has 3 N–H and O–H groups in total. The maximum Gasteiger partial charge on any atom is 0.193 e. The summed E-state index contributed by atoms with van der Waals surface area (Å²) in [6, 6.07) is 13.9. The van der Waals surface area contributed by atoms with E-state index in [2.05, 4.69) is 33.4 Å². The highest BCUT2D eigenvalue weighted by molar-refractivity contribution is 5.92. The monoisotopic (exact) mass is 384 g/mol. The van der Waals surface area contributed by atoms with Crippen molar-refractivity contribution in [2.75, 3.05) is 45.8 Å². The number of guanidine groups is 1. The molecule has 0 amide bonds. The smallest absolute Gasteiger partial charge is 0.193 e. The number of morpholine rings is 1. The number of ether oxygens (including phenoxy) is 3. The Bertz CT molecular complexity index is 804. The van der Waals surface area contributed by atoms with Gasteiger partial charge in [-0.25, -0.2) is 4.99 Å². The van der Waals surface area contributed by atoms with Gasteiger partial charge in [0.25, 0.3) is 0 Å². The molecule has 1 saturated heterocycles. The Labute approximate surface area is 166 Å². The van der Waals surface area contributed by atoms with Crippen molar-refractivity contribution in [1.29, 1.82) is 0 Å². The molecule has 1 aliphatic rings. The van der Waals surface area contributed by atoms with E-state index in [0.717, 1.165) is 38.5 Å². The first-order valence-electron chi connectivity index (χ1n) is 9.35. The molecule has 0 aromatic heterocycles. The molecule has 7 heteroatoms. The molecule has 0 aliphatic carbocycles. The summed E-state index contributed by atoms with van der Waals surface area (Å²) in [6.45, 7) is 4.93. The first-order valence-corrected chi connectivity index (χ1v) is 9.35. The van der Waals surface area contributed by atoms with Crippen LogP contribution in [-0.4, -0.2) is 51.4 Å². The minimum absolute atomic E-state index is 0.355. The van der Waals surface area contributed by atoms with E-state index in [1.807, 2.05) is 24.3 Å². The Morgan fingerprint density at radius 1 is 1.07 bits per heavy atom. The van der Waals surface area contributed by atoms with E-state index < -0.39 is 0 Å². The van der Waals surface area contributed by atoms with E-state index in [4.69, 9.17) is 19.9 Å². The first-order chi connectivity index (χ1) is 13.7. The third kappa shape index (κ3) is 5.37. The van der Waals surface area contributed by atoms with Crippen molar-refractivity contribution in [3.05, 3.63) is 53.6 Å². The molecule has 0 atom stereocenters. The lowest BCUT2D eigenvalue weighted by Crippen LogP contribution is -2.35. The third-order valence-electron chi connectivity index (χ3n) is 4.69. The van der Waals surface area contributed by atoms with Crippen LogP contribution < -0.4 is 20.5 Å². The third-order valence-corrected chi connectivity index (χ3v) is 4.69. The average molecular weight is 384 g/mol. The summed E-state index contributed by atoms with van der Waals surface area (Å²) in [5, 5.41) is 3.10. The van der Waals surface area contributed by atoms with E-state index in [1.54, 1.807) is 14.2 Å². The Morgan fingerprint density at radius 2 is 1.79 bits per heavy atom. The van der Waals surface area contributed by atoms with E-state index in [1.165, 1.54) is 11.1 Å². The Hall–Kier alpha value is -2.77. The molecule has 0 bridgehead atoms. The fourth-order valence-electron chi connectivity index (χ4n) is 3.14. The number of hydrogen-bond acceptors (Lipinski definition) is 5. The topological polar surface area (TPSA) is 81.3 Å². The molecule has 2 aromatic carbocycles. The number of benzene rings is 2. The standard InChI is InChI=1S/C21H28N4O3/c1-26-19-8-7-18(13-20(19)27-2)24-21(22)23-14-16-5-3-4-6-17(16)15-25-9-11-28-12-10-25/h3-8,13H,9-12,14-15H2,1-2H3,(H3,22,23,24). The molecule has 0 spiro atoms. The number of methoxy groups -OCH3 is 2. The highest BCUT2D eigenvalue weighted by atomic mass is 16.5. The van der Waals surface area contributed by atoms with Crippen molar-refractivity contribution >= 4 is 11.6 Å². The maximum atomic E-state index is 6.09. The number of nitrogens with one attached hydrogen (secondary N) is 1. The van der Waals surface area contributed by atoms with Crippen LogP contribution in [0.25, 0.3) is 0 Å². The predicted molar refractivity (Wildman–Crippen MR) is 111 cm³/mol. The molecule has 0 unspecified atom stereocenters. The summed E-state index contributed by atoms with van der Waals surface area (Å²) in [5.74, 6) is 1.66. The number of hydrogen-bond donors (Lipinski definition) is 2. The lowest BCUT2D eigenvalue weighted by Gasteiger charge is -2.27. The van der Waals surface area contributed by atoms with Gasteiger partial charge >= 0.3 is 0 Å². The normalized spacial score (nSPS) is 15.3. The lowest BCUT2D eigenvalue weighted by atomic mass is 10.1. The molecular formula is C21H28N4O3.